The van der Waals surface area contributed by atoms with E-state index in [0.717, 1.165) is 16.0 Å². The molecule has 7 nitrogen and oxygen atoms in total. The Labute approximate surface area is 221 Å². The molecule has 3 aromatic rings. The number of carbonyl (C=O) groups excluding carboxylic acids is 4. The van der Waals surface area contributed by atoms with Crippen molar-refractivity contribution in [3.05, 3.63) is 95.6 Å². The van der Waals surface area contributed by atoms with Crippen LogP contribution in [0.15, 0.2) is 83.8 Å². The first-order valence-electron chi connectivity index (χ1n) is 12.0. The summed E-state index contributed by atoms with van der Waals surface area (Å²) in [6.07, 6.45) is 0.699. The number of nitrogens with one attached hydrogen (secondary N) is 3. The van der Waals surface area contributed by atoms with Crippen molar-refractivity contribution in [2.45, 2.75) is 43.4 Å². The van der Waals surface area contributed by atoms with Crippen LogP contribution in [0.4, 0.5) is 5.69 Å². The van der Waals surface area contributed by atoms with Crippen molar-refractivity contribution in [1.82, 2.24) is 10.6 Å². The van der Waals surface area contributed by atoms with E-state index < -0.39 is 6.04 Å². The SMILES string of the molecule is CC(=O)CCNC(=O)c1ccccc1SCc1ccc(NC(=O)C(Cc2ccccc2)NC(C)=O)cc1. The Morgan fingerprint density at radius 3 is 2.16 bits per heavy atom. The summed E-state index contributed by atoms with van der Waals surface area (Å²) in [7, 11) is 0. The number of ketones is 1. The highest BCUT2D eigenvalue weighted by Crippen LogP contribution is 2.27. The van der Waals surface area contributed by atoms with Crippen molar-refractivity contribution < 1.29 is 19.2 Å². The number of thioether (sulfide) groups is 1. The highest BCUT2D eigenvalue weighted by Gasteiger charge is 2.20. The van der Waals surface area contributed by atoms with E-state index in [-0.39, 0.29) is 23.5 Å². The number of Topliss-reactive ketones (excluding diaryl/α,β-unsaturated/α-hetero) is 1. The highest BCUT2D eigenvalue weighted by atomic mass is 32.2. The number of rotatable bonds is 12. The zero-order valence-corrected chi connectivity index (χ0v) is 21.8. The molecule has 0 aliphatic carbocycles. The van der Waals surface area contributed by atoms with Crippen LogP contribution in [0, 0.1) is 0 Å². The zero-order valence-electron chi connectivity index (χ0n) is 21.0. The maximum atomic E-state index is 12.9. The fourth-order valence-electron chi connectivity index (χ4n) is 3.61. The van der Waals surface area contributed by atoms with Crippen molar-refractivity contribution in [3.63, 3.8) is 0 Å². The van der Waals surface area contributed by atoms with Gasteiger partial charge in [-0.3, -0.25) is 19.2 Å². The molecular weight excluding hydrogens is 486 g/mol. The third-order valence-corrected chi connectivity index (χ3v) is 6.63. The first-order valence-corrected chi connectivity index (χ1v) is 13.0. The molecule has 192 valence electrons. The second-order valence-corrected chi connectivity index (χ2v) is 9.64. The van der Waals surface area contributed by atoms with Crippen molar-refractivity contribution >= 4 is 41.0 Å². The Kier molecular flexibility index (Phi) is 10.5. The Bertz CT molecular complexity index is 1230. The Hall–Kier alpha value is -3.91. The second kappa shape index (κ2) is 14.0. The molecule has 0 spiro atoms. The molecule has 0 aliphatic rings. The molecule has 0 radical (unpaired) electrons. The topological polar surface area (TPSA) is 104 Å². The summed E-state index contributed by atoms with van der Waals surface area (Å²) in [6.45, 7) is 3.21. The lowest BCUT2D eigenvalue weighted by molar-refractivity contribution is -0.125. The zero-order chi connectivity index (χ0) is 26.6. The van der Waals surface area contributed by atoms with Gasteiger partial charge in [-0.25, -0.2) is 0 Å². The summed E-state index contributed by atoms with van der Waals surface area (Å²) in [4.78, 5) is 49.0. The molecule has 3 rings (SSSR count). The number of carbonyl (C=O) groups is 4. The Morgan fingerprint density at radius 1 is 0.811 bits per heavy atom. The van der Waals surface area contributed by atoms with Gasteiger partial charge in [-0.1, -0.05) is 54.6 Å². The van der Waals surface area contributed by atoms with Crippen molar-refractivity contribution in [1.29, 1.82) is 0 Å². The molecule has 0 saturated carbocycles. The van der Waals surface area contributed by atoms with E-state index in [1.54, 1.807) is 6.07 Å². The molecule has 1 atom stereocenters. The van der Waals surface area contributed by atoms with Gasteiger partial charge in [-0.2, -0.15) is 0 Å². The monoisotopic (exact) mass is 517 g/mol. The third-order valence-electron chi connectivity index (χ3n) is 5.49. The van der Waals surface area contributed by atoms with Crippen LogP contribution in [0.25, 0.3) is 0 Å². The van der Waals surface area contributed by atoms with E-state index in [1.165, 1.54) is 25.6 Å². The van der Waals surface area contributed by atoms with Crippen molar-refractivity contribution in [2.24, 2.45) is 0 Å². The lowest BCUT2D eigenvalue weighted by Gasteiger charge is -2.18. The maximum absolute atomic E-state index is 12.9. The second-order valence-electron chi connectivity index (χ2n) is 8.62. The molecule has 0 aliphatic heterocycles. The van der Waals surface area contributed by atoms with Crippen LogP contribution < -0.4 is 16.0 Å². The van der Waals surface area contributed by atoms with Crippen molar-refractivity contribution in [3.8, 4) is 0 Å². The van der Waals surface area contributed by atoms with Gasteiger partial charge in [0.1, 0.15) is 11.8 Å². The van der Waals surface area contributed by atoms with Gasteiger partial charge >= 0.3 is 0 Å². The molecule has 0 fully saturated rings. The molecule has 0 aromatic heterocycles. The van der Waals surface area contributed by atoms with Crippen molar-refractivity contribution in [2.75, 3.05) is 11.9 Å². The van der Waals surface area contributed by atoms with E-state index in [9.17, 15) is 19.2 Å². The fourth-order valence-corrected chi connectivity index (χ4v) is 4.61. The van der Waals surface area contributed by atoms with Crippen LogP contribution in [0.1, 0.15) is 41.8 Å². The largest absolute Gasteiger partial charge is 0.352 e. The van der Waals surface area contributed by atoms with Gasteiger partial charge in [0.05, 0.1) is 5.56 Å². The summed E-state index contributed by atoms with van der Waals surface area (Å²) in [5, 5.41) is 8.40. The lowest BCUT2D eigenvalue weighted by Crippen LogP contribution is -2.44. The molecule has 3 N–H and O–H groups in total. The minimum absolute atomic E-state index is 0.0319. The smallest absolute Gasteiger partial charge is 0.252 e. The average Bonchev–Trinajstić information content (AvgIpc) is 2.88. The minimum atomic E-state index is -0.687. The van der Waals surface area contributed by atoms with Gasteiger partial charge in [0, 0.05) is 42.6 Å². The highest BCUT2D eigenvalue weighted by molar-refractivity contribution is 7.98. The molecule has 37 heavy (non-hydrogen) atoms. The third kappa shape index (κ3) is 9.24. The lowest BCUT2D eigenvalue weighted by atomic mass is 10.0. The first-order chi connectivity index (χ1) is 17.8. The molecular formula is C29H31N3O4S. The van der Waals surface area contributed by atoms with Gasteiger partial charge in [-0.05, 0) is 42.3 Å². The number of anilines is 1. The van der Waals surface area contributed by atoms with E-state index >= 15 is 0 Å². The number of amides is 3. The van der Waals surface area contributed by atoms with Gasteiger partial charge in [-0.15, -0.1) is 11.8 Å². The summed E-state index contributed by atoms with van der Waals surface area (Å²) in [5.74, 6) is -0.0904. The summed E-state index contributed by atoms with van der Waals surface area (Å²) >= 11 is 1.54. The number of hydrogen-bond acceptors (Lipinski definition) is 5. The molecule has 3 amide bonds. The van der Waals surface area contributed by atoms with Crippen LogP contribution >= 0.6 is 11.8 Å². The van der Waals surface area contributed by atoms with E-state index in [0.29, 0.717) is 36.4 Å². The van der Waals surface area contributed by atoms with Crippen LogP contribution in [-0.4, -0.2) is 36.1 Å². The maximum Gasteiger partial charge on any atom is 0.252 e. The summed E-state index contributed by atoms with van der Waals surface area (Å²) < 4.78 is 0. The number of hydrogen-bond donors (Lipinski definition) is 3. The Morgan fingerprint density at radius 2 is 1.49 bits per heavy atom. The fraction of sp³-hybridized carbons (Fsp3) is 0.241. The first kappa shape index (κ1) is 27.7. The molecule has 8 heteroatoms. The van der Waals surface area contributed by atoms with Crippen LogP contribution in [-0.2, 0) is 26.6 Å². The quantitative estimate of drug-likeness (QED) is 0.310. The predicted molar refractivity (Wildman–Crippen MR) is 146 cm³/mol. The van der Waals surface area contributed by atoms with Gasteiger partial charge in [0.25, 0.3) is 5.91 Å². The predicted octanol–water partition coefficient (Wildman–Crippen LogP) is 4.37. The normalized spacial score (nSPS) is 11.3. The van der Waals surface area contributed by atoms with E-state index in [1.807, 2.05) is 72.8 Å². The standard InChI is InChI=1S/C29H31N3O4S/c1-20(33)16-17-30-28(35)25-10-6-7-11-27(25)37-19-23-12-14-24(15-13-23)32-29(36)26(31-21(2)34)18-22-8-4-3-5-9-22/h3-15,26H,16-19H2,1-2H3,(H,30,35)(H,31,34)(H,32,36). The van der Waals surface area contributed by atoms with Gasteiger partial charge in [0.2, 0.25) is 11.8 Å². The van der Waals surface area contributed by atoms with E-state index in [2.05, 4.69) is 16.0 Å². The van der Waals surface area contributed by atoms with Crippen LogP contribution in [0.5, 0.6) is 0 Å². The summed E-state index contributed by atoms with van der Waals surface area (Å²) in [6, 6.07) is 23.7. The Balaban J connectivity index is 1.58. The summed E-state index contributed by atoms with van der Waals surface area (Å²) in [5.41, 5.74) is 3.18. The van der Waals surface area contributed by atoms with Gasteiger partial charge in [0.15, 0.2) is 0 Å². The van der Waals surface area contributed by atoms with Gasteiger partial charge < -0.3 is 16.0 Å². The van der Waals surface area contributed by atoms with Crippen LogP contribution in [0.2, 0.25) is 0 Å². The average molecular weight is 518 g/mol. The number of benzene rings is 3. The van der Waals surface area contributed by atoms with E-state index in [4.69, 9.17) is 0 Å². The molecule has 1 unspecified atom stereocenters. The minimum Gasteiger partial charge on any atom is -0.352 e. The molecule has 0 bridgehead atoms. The molecule has 3 aromatic carbocycles. The molecule has 0 heterocycles. The van der Waals surface area contributed by atoms with Crippen LogP contribution in [0.3, 0.4) is 0 Å². The molecule has 0 saturated heterocycles.